The maximum absolute atomic E-state index is 4.23. The average Bonchev–Trinajstić information content (AvgIpc) is 3.03. The van der Waals surface area contributed by atoms with E-state index in [1.165, 1.54) is 14.7 Å². The van der Waals surface area contributed by atoms with Crippen molar-refractivity contribution in [2.45, 2.75) is 13.5 Å². The molecular weight excluding hydrogens is 373 g/mol. The molecule has 0 aliphatic rings. The van der Waals surface area contributed by atoms with Crippen LogP contribution in [0.2, 0.25) is 0 Å². The second kappa shape index (κ2) is 6.30. The van der Waals surface area contributed by atoms with E-state index in [2.05, 4.69) is 82.4 Å². The van der Waals surface area contributed by atoms with Crippen LogP contribution in [0.3, 0.4) is 0 Å². The molecule has 0 atom stereocenters. The summed E-state index contributed by atoms with van der Waals surface area (Å²) in [7, 11) is 0. The highest BCUT2D eigenvalue weighted by Crippen LogP contribution is 2.18. The molecule has 4 heteroatoms. The molecule has 21 heavy (non-hydrogen) atoms. The summed E-state index contributed by atoms with van der Waals surface area (Å²) in [6.45, 7) is 2.94. The van der Waals surface area contributed by atoms with E-state index in [1.54, 1.807) is 6.20 Å². The number of rotatable bonds is 4. The van der Waals surface area contributed by atoms with Gasteiger partial charge in [0.05, 0.1) is 5.69 Å². The molecule has 0 fully saturated rings. The SMILES string of the molecule is Cc1ccc(NCc2ccc(-n3cccn3)cc2)cc1I. The highest BCUT2D eigenvalue weighted by molar-refractivity contribution is 14.1. The minimum Gasteiger partial charge on any atom is -0.381 e. The molecule has 0 aliphatic heterocycles. The van der Waals surface area contributed by atoms with Crippen molar-refractivity contribution < 1.29 is 0 Å². The molecular formula is C17H16IN3. The molecule has 0 spiro atoms. The number of anilines is 1. The van der Waals surface area contributed by atoms with Gasteiger partial charge >= 0.3 is 0 Å². The van der Waals surface area contributed by atoms with Gasteiger partial charge in [-0.3, -0.25) is 0 Å². The Morgan fingerprint density at radius 2 is 1.95 bits per heavy atom. The van der Waals surface area contributed by atoms with Crippen LogP contribution < -0.4 is 5.32 Å². The van der Waals surface area contributed by atoms with E-state index < -0.39 is 0 Å². The quantitative estimate of drug-likeness (QED) is 0.671. The van der Waals surface area contributed by atoms with Gasteiger partial charge in [0, 0.05) is 28.2 Å². The van der Waals surface area contributed by atoms with E-state index in [9.17, 15) is 0 Å². The van der Waals surface area contributed by atoms with E-state index in [0.29, 0.717) is 0 Å². The topological polar surface area (TPSA) is 29.9 Å². The first-order valence-corrected chi connectivity index (χ1v) is 7.89. The van der Waals surface area contributed by atoms with Crippen molar-refractivity contribution in [2.75, 3.05) is 5.32 Å². The second-order valence-corrected chi connectivity index (χ2v) is 6.10. The highest BCUT2D eigenvalue weighted by atomic mass is 127. The lowest BCUT2D eigenvalue weighted by Crippen LogP contribution is -2.01. The van der Waals surface area contributed by atoms with Crippen LogP contribution in [0.5, 0.6) is 0 Å². The van der Waals surface area contributed by atoms with Gasteiger partial charge < -0.3 is 5.32 Å². The number of hydrogen-bond donors (Lipinski definition) is 1. The Labute approximate surface area is 138 Å². The minimum atomic E-state index is 0.818. The van der Waals surface area contributed by atoms with Crippen molar-refractivity contribution >= 4 is 28.3 Å². The molecule has 106 valence electrons. The fourth-order valence-electron chi connectivity index (χ4n) is 2.10. The Hall–Kier alpha value is -1.82. The standard InChI is InChI=1S/C17H16IN3/c1-13-3-6-15(11-17(13)18)19-12-14-4-7-16(8-5-14)21-10-2-9-20-21/h2-11,19H,12H2,1H3. The van der Waals surface area contributed by atoms with E-state index in [0.717, 1.165) is 17.9 Å². The van der Waals surface area contributed by atoms with Crippen LogP contribution in [0.15, 0.2) is 60.9 Å². The van der Waals surface area contributed by atoms with Crippen molar-refractivity contribution in [1.82, 2.24) is 9.78 Å². The van der Waals surface area contributed by atoms with Gasteiger partial charge in [-0.25, -0.2) is 4.68 Å². The van der Waals surface area contributed by atoms with Gasteiger partial charge in [0.25, 0.3) is 0 Å². The number of hydrogen-bond acceptors (Lipinski definition) is 2. The Bertz CT molecular complexity index is 718. The minimum absolute atomic E-state index is 0.818. The molecule has 0 bridgehead atoms. The molecule has 1 heterocycles. The number of halogens is 1. The summed E-state index contributed by atoms with van der Waals surface area (Å²) < 4.78 is 3.14. The maximum atomic E-state index is 4.23. The summed E-state index contributed by atoms with van der Waals surface area (Å²) in [6, 6.07) is 16.8. The molecule has 0 saturated heterocycles. The maximum Gasteiger partial charge on any atom is 0.0645 e. The molecule has 0 radical (unpaired) electrons. The fraction of sp³-hybridized carbons (Fsp3) is 0.118. The van der Waals surface area contributed by atoms with E-state index >= 15 is 0 Å². The summed E-state index contributed by atoms with van der Waals surface area (Å²) in [4.78, 5) is 0. The summed E-state index contributed by atoms with van der Waals surface area (Å²) >= 11 is 2.36. The van der Waals surface area contributed by atoms with Gasteiger partial charge in [-0.2, -0.15) is 5.10 Å². The first kappa shape index (κ1) is 14.1. The van der Waals surface area contributed by atoms with Gasteiger partial charge in [0.15, 0.2) is 0 Å². The Balaban J connectivity index is 1.66. The molecule has 3 aromatic rings. The lowest BCUT2D eigenvalue weighted by molar-refractivity contribution is 0.879. The molecule has 2 aromatic carbocycles. The van der Waals surface area contributed by atoms with Gasteiger partial charge in [0.2, 0.25) is 0 Å². The van der Waals surface area contributed by atoms with Crippen LogP contribution in [0.1, 0.15) is 11.1 Å². The summed E-state index contributed by atoms with van der Waals surface area (Å²) in [5.41, 5.74) is 4.79. The zero-order valence-corrected chi connectivity index (χ0v) is 13.9. The Kier molecular flexibility index (Phi) is 4.24. The van der Waals surface area contributed by atoms with Crippen LogP contribution in [0.25, 0.3) is 5.69 Å². The molecule has 0 saturated carbocycles. The molecule has 1 N–H and O–H groups in total. The number of aryl methyl sites for hydroxylation is 1. The van der Waals surface area contributed by atoms with Crippen molar-refractivity contribution in [1.29, 1.82) is 0 Å². The fourth-order valence-corrected chi connectivity index (χ4v) is 2.61. The number of benzene rings is 2. The Morgan fingerprint density at radius 1 is 1.14 bits per heavy atom. The molecule has 0 aliphatic carbocycles. The average molecular weight is 389 g/mol. The van der Waals surface area contributed by atoms with Crippen LogP contribution in [-0.2, 0) is 6.54 Å². The molecule has 3 nitrogen and oxygen atoms in total. The Morgan fingerprint density at radius 3 is 2.62 bits per heavy atom. The summed E-state index contributed by atoms with van der Waals surface area (Å²) in [5, 5.41) is 7.68. The largest absolute Gasteiger partial charge is 0.381 e. The summed E-state index contributed by atoms with van der Waals surface area (Å²) in [5.74, 6) is 0. The van der Waals surface area contributed by atoms with E-state index in [4.69, 9.17) is 0 Å². The highest BCUT2D eigenvalue weighted by Gasteiger charge is 1.99. The lowest BCUT2D eigenvalue weighted by atomic mass is 10.2. The van der Waals surface area contributed by atoms with Crippen LogP contribution in [0.4, 0.5) is 5.69 Å². The zero-order chi connectivity index (χ0) is 14.7. The van der Waals surface area contributed by atoms with Crippen molar-refractivity contribution in [3.05, 3.63) is 75.6 Å². The third-order valence-electron chi connectivity index (χ3n) is 3.37. The molecule has 1 aromatic heterocycles. The lowest BCUT2D eigenvalue weighted by Gasteiger charge is -2.09. The van der Waals surface area contributed by atoms with Crippen molar-refractivity contribution in [3.8, 4) is 5.69 Å². The van der Waals surface area contributed by atoms with Gasteiger partial charge in [-0.15, -0.1) is 0 Å². The van der Waals surface area contributed by atoms with Gasteiger partial charge in [-0.1, -0.05) is 18.2 Å². The van der Waals surface area contributed by atoms with E-state index in [1.807, 2.05) is 16.9 Å². The smallest absolute Gasteiger partial charge is 0.0645 e. The first-order valence-electron chi connectivity index (χ1n) is 6.81. The summed E-state index contributed by atoms with van der Waals surface area (Å²) in [6.07, 6.45) is 3.73. The van der Waals surface area contributed by atoms with Crippen molar-refractivity contribution in [2.24, 2.45) is 0 Å². The van der Waals surface area contributed by atoms with Gasteiger partial charge in [0.1, 0.15) is 0 Å². The van der Waals surface area contributed by atoms with Crippen molar-refractivity contribution in [3.63, 3.8) is 0 Å². The van der Waals surface area contributed by atoms with Crippen LogP contribution >= 0.6 is 22.6 Å². The zero-order valence-electron chi connectivity index (χ0n) is 11.8. The predicted molar refractivity (Wildman–Crippen MR) is 94.8 cm³/mol. The van der Waals surface area contributed by atoms with Gasteiger partial charge in [-0.05, 0) is 71.0 Å². The predicted octanol–water partition coefficient (Wildman–Crippen LogP) is 4.40. The molecule has 0 amide bonds. The van der Waals surface area contributed by atoms with Crippen LogP contribution in [-0.4, -0.2) is 9.78 Å². The number of nitrogens with one attached hydrogen (secondary N) is 1. The van der Waals surface area contributed by atoms with Crippen LogP contribution in [0, 0.1) is 10.5 Å². The number of nitrogens with zero attached hydrogens (tertiary/aromatic N) is 2. The first-order chi connectivity index (χ1) is 10.2. The molecule has 0 unspecified atom stereocenters. The second-order valence-electron chi connectivity index (χ2n) is 4.93. The van der Waals surface area contributed by atoms with E-state index in [-0.39, 0.29) is 0 Å². The normalized spacial score (nSPS) is 10.6. The molecule has 3 rings (SSSR count). The third kappa shape index (κ3) is 3.44. The monoisotopic (exact) mass is 389 g/mol. The number of aromatic nitrogens is 2. The third-order valence-corrected chi connectivity index (χ3v) is 4.54.